The molecule has 1 unspecified atom stereocenters. The first kappa shape index (κ1) is 17.3. The molecule has 0 saturated heterocycles. The number of rotatable bonds is 7. The van der Waals surface area contributed by atoms with Crippen LogP contribution in [0.2, 0.25) is 0 Å². The molecule has 0 aliphatic carbocycles. The second-order valence-corrected chi connectivity index (χ2v) is 6.76. The molecule has 1 heteroatoms. The SMILES string of the molecule is CCc1ccc(CC(CCc2ccc(N)cc2)c2ccccc2)cc1.[HH]. The van der Waals surface area contributed by atoms with Crippen molar-refractivity contribution in [1.82, 2.24) is 0 Å². The van der Waals surface area contributed by atoms with Crippen LogP contribution in [0.25, 0.3) is 0 Å². The van der Waals surface area contributed by atoms with Crippen molar-refractivity contribution in [2.75, 3.05) is 5.73 Å². The normalized spacial score (nSPS) is 12.0. The fourth-order valence-electron chi connectivity index (χ4n) is 3.33. The highest BCUT2D eigenvalue weighted by Gasteiger charge is 2.12. The second-order valence-electron chi connectivity index (χ2n) is 6.76. The average molecular weight is 332 g/mol. The summed E-state index contributed by atoms with van der Waals surface area (Å²) >= 11 is 0. The lowest BCUT2D eigenvalue weighted by atomic mass is 9.87. The molecule has 3 rings (SSSR count). The number of nitrogens with two attached hydrogens (primary N) is 1. The molecule has 0 aliphatic rings. The Morgan fingerprint density at radius 2 is 1.36 bits per heavy atom. The number of nitrogen functional groups attached to an aromatic ring is 1. The number of aryl methyl sites for hydroxylation is 2. The lowest BCUT2D eigenvalue weighted by Gasteiger charge is -2.18. The van der Waals surface area contributed by atoms with Crippen molar-refractivity contribution in [2.24, 2.45) is 0 Å². The molecule has 130 valence electrons. The molecule has 0 amide bonds. The van der Waals surface area contributed by atoms with Crippen molar-refractivity contribution in [3.63, 3.8) is 0 Å². The van der Waals surface area contributed by atoms with E-state index in [9.17, 15) is 0 Å². The molecule has 1 atom stereocenters. The summed E-state index contributed by atoms with van der Waals surface area (Å²) in [6, 6.07) is 28.3. The van der Waals surface area contributed by atoms with Gasteiger partial charge < -0.3 is 5.73 Å². The van der Waals surface area contributed by atoms with Gasteiger partial charge in [-0.3, -0.25) is 0 Å². The monoisotopic (exact) mass is 331 g/mol. The molecule has 0 aromatic heterocycles. The zero-order valence-electron chi connectivity index (χ0n) is 15.0. The molecule has 2 N–H and O–H groups in total. The second kappa shape index (κ2) is 8.53. The molecular weight excluding hydrogens is 302 g/mol. The van der Waals surface area contributed by atoms with Crippen molar-refractivity contribution in [2.45, 2.75) is 38.5 Å². The zero-order chi connectivity index (χ0) is 17.5. The van der Waals surface area contributed by atoms with Crippen LogP contribution in [0.3, 0.4) is 0 Å². The molecule has 25 heavy (non-hydrogen) atoms. The van der Waals surface area contributed by atoms with Gasteiger partial charge in [0.15, 0.2) is 0 Å². The van der Waals surface area contributed by atoms with Crippen LogP contribution >= 0.6 is 0 Å². The molecule has 0 bridgehead atoms. The first-order chi connectivity index (χ1) is 12.2. The summed E-state index contributed by atoms with van der Waals surface area (Å²) in [5, 5.41) is 0. The van der Waals surface area contributed by atoms with Gasteiger partial charge in [-0.25, -0.2) is 0 Å². The number of benzene rings is 3. The molecule has 0 heterocycles. The van der Waals surface area contributed by atoms with Gasteiger partial charge in [-0.1, -0.05) is 73.7 Å². The maximum Gasteiger partial charge on any atom is 0.0314 e. The van der Waals surface area contributed by atoms with Gasteiger partial charge in [-0.2, -0.15) is 0 Å². The summed E-state index contributed by atoms with van der Waals surface area (Å²) in [6.45, 7) is 2.20. The van der Waals surface area contributed by atoms with Crippen LogP contribution in [0.15, 0.2) is 78.9 Å². The summed E-state index contributed by atoms with van der Waals surface area (Å²) in [7, 11) is 0. The van der Waals surface area contributed by atoms with E-state index in [0.717, 1.165) is 31.4 Å². The van der Waals surface area contributed by atoms with E-state index in [1.807, 2.05) is 12.1 Å². The van der Waals surface area contributed by atoms with Gasteiger partial charge in [0.1, 0.15) is 0 Å². The van der Waals surface area contributed by atoms with Crippen LogP contribution in [0.5, 0.6) is 0 Å². The minimum absolute atomic E-state index is 0. The Labute approximate surface area is 153 Å². The predicted molar refractivity (Wildman–Crippen MR) is 110 cm³/mol. The number of hydrogen-bond donors (Lipinski definition) is 1. The van der Waals surface area contributed by atoms with Gasteiger partial charge in [-0.05, 0) is 66.0 Å². The Balaban J connectivity index is 0.00000243. The van der Waals surface area contributed by atoms with Gasteiger partial charge in [0.2, 0.25) is 0 Å². The molecule has 0 radical (unpaired) electrons. The van der Waals surface area contributed by atoms with Gasteiger partial charge in [0.05, 0.1) is 0 Å². The molecule has 0 aliphatic heterocycles. The first-order valence-electron chi connectivity index (χ1n) is 9.22. The van der Waals surface area contributed by atoms with E-state index in [1.165, 1.54) is 22.3 Å². The lowest BCUT2D eigenvalue weighted by Crippen LogP contribution is -2.05. The molecular formula is C24H29N. The summed E-state index contributed by atoms with van der Waals surface area (Å²) in [4.78, 5) is 0. The highest BCUT2D eigenvalue weighted by molar-refractivity contribution is 5.39. The summed E-state index contributed by atoms with van der Waals surface area (Å²) in [6.07, 6.45) is 4.40. The van der Waals surface area contributed by atoms with Gasteiger partial charge >= 0.3 is 0 Å². The topological polar surface area (TPSA) is 26.0 Å². The Hall–Kier alpha value is -2.54. The molecule has 0 spiro atoms. The highest BCUT2D eigenvalue weighted by atomic mass is 14.5. The highest BCUT2D eigenvalue weighted by Crippen LogP contribution is 2.26. The lowest BCUT2D eigenvalue weighted by molar-refractivity contribution is 0.621. The van der Waals surface area contributed by atoms with Crippen LogP contribution in [-0.4, -0.2) is 0 Å². The first-order valence-corrected chi connectivity index (χ1v) is 9.22. The van der Waals surface area contributed by atoms with Crippen LogP contribution < -0.4 is 5.73 Å². The molecule has 3 aromatic carbocycles. The Bertz CT molecular complexity index is 764. The Morgan fingerprint density at radius 3 is 2.00 bits per heavy atom. The van der Waals surface area contributed by atoms with Crippen molar-refractivity contribution < 1.29 is 1.43 Å². The van der Waals surface area contributed by atoms with E-state index in [2.05, 4.69) is 73.7 Å². The van der Waals surface area contributed by atoms with Crippen LogP contribution in [0.4, 0.5) is 5.69 Å². The summed E-state index contributed by atoms with van der Waals surface area (Å²) < 4.78 is 0. The van der Waals surface area contributed by atoms with Crippen LogP contribution in [0, 0.1) is 0 Å². The van der Waals surface area contributed by atoms with E-state index in [0.29, 0.717) is 5.92 Å². The minimum Gasteiger partial charge on any atom is -0.399 e. The van der Waals surface area contributed by atoms with Crippen molar-refractivity contribution >= 4 is 5.69 Å². The number of hydrogen-bond acceptors (Lipinski definition) is 1. The quantitative estimate of drug-likeness (QED) is 0.525. The fraction of sp³-hybridized carbons (Fsp3) is 0.250. The maximum absolute atomic E-state index is 5.80. The van der Waals surface area contributed by atoms with Crippen LogP contribution in [0.1, 0.15) is 42.9 Å². The Kier molecular flexibility index (Phi) is 5.90. The maximum atomic E-state index is 5.80. The van der Waals surface area contributed by atoms with E-state index >= 15 is 0 Å². The van der Waals surface area contributed by atoms with E-state index in [4.69, 9.17) is 5.73 Å². The largest absolute Gasteiger partial charge is 0.399 e. The zero-order valence-corrected chi connectivity index (χ0v) is 15.0. The van der Waals surface area contributed by atoms with Gasteiger partial charge in [0, 0.05) is 7.11 Å². The van der Waals surface area contributed by atoms with Crippen molar-refractivity contribution in [3.05, 3.63) is 101 Å². The molecule has 3 aromatic rings. The third-order valence-corrected chi connectivity index (χ3v) is 4.95. The van der Waals surface area contributed by atoms with E-state index in [1.54, 1.807) is 0 Å². The van der Waals surface area contributed by atoms with Crippen molar-refractivity contribution in [3.8, 4) is 0 Å². The molecule has 0 fully saturated rings. The summed E-state index contributed by atoms with van der Waals surface area (Å²) in [5.41, 5.74) is 12.2. The van der Waals surface area contributed by atoms with Gasteiger partial charge in [-0.15, -0.1) is 0 Å². The van der Waals surface area contributed by atoms with Gasteiger partial charge in [0.25, 0.3) is 0 Å². The molecule has 0 saturated carbocycles. The van der Waals surface area contributed by atoms with Crippen molar-refractivity contribution in [1.29, 1.82) is 0 Å². The fourth-order valence-corrected chi connectivity index (χ4v) is 3.33. The predicted octanol–water partition coefficient (Wildman–Crippen LogP) is 6.04. The third-order valence-electron chi connectivity index (χ3n) is 4.95. The van der Waals surface area contributed by atoms with E-state index in [-0.39, 0.29) is 1.43 Å². The van der Waals surface area contributed by atoms with E-state index < -0.39 is 0 Å². The smallest absolute Gasteiger partial charge is 0.0314 e. The third kappa shape index (κ3) is 4.96. The summed E-state index contributed by atoms with van der Waals surface area (Å²) in [5.74, 6) is 0.534. The van der Waals surface area contributed by atoms with Crippen LogP contribution in [-0.2, 0) is 19.3 Å². The minimum atomic E-state index is 0. The Morgan fingerprint density at radius 1 is 0.760 bits per heavy atom. The number of anilines is 1. The molecule has 1 nitrogen and oxygen atoms in total. The standard InChI is InChI=1S/C24H27N.H2/c1-2-19-8-10-21(11-9-19)18-23(22-6-4-3-5-7-22)15-12-20-13-16-24(25)17-14-20;/h3-11,13-14,16-17,23H,2,12,15,18,25H2,1H3;1H. The average Bonchev–Trinajstić information content (AvgIpc) is 2.67.